The molecule has 1 aromatic rings. The van der Waals surface area contributed by atoms with Crippen molar-refractivity contribution in [3.05, 3.63) is 52.7 Å². The van der Waals surface area contributed by atoms with Gasteiger partial charge in [-0.1, -0.05) is 11.6 Å². The number of carbonyl (C=O) groups is 3. The largest absolute Gasteiger partial charge is 0.478 e. The maximum atomic E-state index is 11.6. The Hall–Kier alpha value is -2.40. The van der Waals surface area contributed by atoms with E-state index in [1.807, 2.05) is 0 Å². The number of aromatic carboxylic acids is 1. The third-order valence-corrected chi connectivity index (χ3v) is 2.84. The van der Waals surface area contributed by atoms with E-state index in [-0.39, 0.29) is 16.3 Å². The Bertz CT molecular complexity index is 629. The standard InChI is InChI=1S/C13H8ClNO4/c14-11-9(16)5-6-10(17)12(11)15-8-3-1-7(2-4-8)13(18)19/h1-6,15H,(H,18,19). The van der Waals surface area contributed by atoms with Crippen LogP contribution in [0.15, 0.2) is 47.1 Å². The lowest BCUT2D eigenvalue weighted by Gasteiger charge is -2.12. The third kappa shape index (κ3) is 2.71. The molecule has 0 atom stereocenters. The number of carboxylic acid groups (broad SMARTS) is 1. The minimum absolute atomic E-state index is 0.0164. The van der Waals surface area contributed by atoms with E-state index < -0.39 is 17.5 Å². The third-order valence-electron chi connectivity index (χ3n) is 2.47. The summed E-state index contributed by atoms with van der Waals surface area (Å²) in [7, 11) is 0. The molecule has 1 aliphatic carbocycles. The lowest BCUT2D eigenvalue weighted by Crippen LogP contribution is -2.17. The number of allylic oxidation sites excluding steroid dienone is 3. The van der Waals surface area contributed by atoms with Crippen LogP contribution in [-0.4, -0.2) is 22.6 Å². The average molecular weight is 278 g/mol. The van der Waals surface area contributed by atoms with Crippen molar-refractivity contribution in [2.75, 3.05) is 5.32 Å². The number of anilines is 1. The summed E-state index contributed by atoms with van der Waals surface area (Å²) in [6.07, 6.45) is 2.23. The molecule has 5 nitrogen and oxygen atoms in total. The van der Waals surface area contributed by atoms with Gasteiger partial charge >= 0.3 is 5.97 Å². The fourth-order valence-electron chi connectivity index (χ4n) is 1.50. The molecule has 0 heterocycles. The van der Waals surface area contributed by atoms with E-state index in [9.17, 15) is 14.4 Å². The van der Waals surface area contributed by atoms with Crippen molar-refractivity contribution < 1.29 is 19.5 Å². The molecule has 0 aliphatic heterocycles. The molecule has 2 N–H and O–H groups in total. The molecule has 0 radical (unpaired) electrons. The highest BCUT2D eigenvalue weighted by molar-refractivity contribution is 6.48. The van der Waals surface area contributed by atoms with Gasteiger partial charge in [0, 0.05) is 5.69 Å². The molecular weight excluding hydrogens is 270 g/mol. The number of benzene rings is 1. The van der Waals surface area contributed by atoms with Crippen LogP contribution < -0.4 is 5.32 Å². The second-order valence-electron chi connectivity index (χ2n) is 3.76. The number of carboxylic acids is 1. The number of rotatable bonds is 3. The predicted molar refractivity (Wildman–Crippen MR) is 69.1 cm³/mol. The molecule has 96 valence electrons. The molecule has 0 amide bonds. The van der Waals surface area contributed by atoms with Gasteiger partial charge in [0.25, 0.3) is 0 Å². The van der Waals surface area contributed by atoms with Gasteiger partial charge in [-0.2, -0.15) is 0 Å². The van der Waals surface area contributed by atoms with Gasteiger partial charge in [0.15, 0.2) is 5.78 Å². The first-order chi connectivity index (χ1) is 8.99. The molecule has 0 bridgehead atoms. The minimum Gasteiger partial charge on any atom is -0.478 e. The molecule has 0 saturated heterocycles. The zero-order chi connectivity index (χ0) is 14.0. The summed E-state index contributed by atoms with van der Waals surface area (Å²) in [5.41, 5.74) is 0.573. The Kier molecular flexibility index (Phi) is 3.48. The molecule has 0 fully saturated rings. The first kappa shape index (κ1) is 13.0. The fraction of sp³-hybridized carbons (Fsp3) is 0. The van der Waals surface area contributed by atoms with E-state index in [0.717, 1.165) is 12.2 Å². The maximum Gasteiger partial charge on any atom is 0.335 e. The van der Waals surface area contributed by atoms with Crippen LogP contribution >= 0.6 is 11.6 Å². The molecular formula is C13H8ClNO4. The normalized spacial score (nSPS) is 14.8. The van der Waals surface area contributed by atoms with Crippen molar-refractivity contribution >= 4 is 34.8 Å². The Morgan fingerprint density at radius 3 is 2.21 bits per heavy atom. The lowest BCUT2D eigenvalue weighted by atomic mass is 10.1. The van der Waals surface area contributed by atoms with Gasteiger partial charge in [0.1, 0.15) is 10.7 Å². The zero-order valence-corrected chi connectivity index (χ0v) is 10.3. The van der Waals surface area contributed by atoms with Gasteiger partial charge in [-0.05, 0) is 36.4 Å². The van der Waals surface area contributed by atoms with E-state index in [2.05, 4.69) is 5.32 Å². The van der Waals surface area contributed by atoms with Gasteiger partial charge < -0.3 is 10.4 Å². The summed E-state index contributed by atoms with van der Waals surface area (Å²) in [5, 5.41) is 11.3. The number of hydrogen-bond acceptors (Lipinski definition) is 4. The van der Waals surface area contributed by atoms with Crippen molar-refractivity contribution in [2.45, 2.75) is 0 Å². The number of hydrogen-bond donors (Lipinski definition) is 2. The second kappa shape index (κ2) is 5.07. The van der Waals surface area contributed by atoms with Gasteiger partial charge in [-0.15, -0.1) is 0 Å². The second-order valence-corrected chi connectivity index (χ2v) is 4.14. The van der Waals surface area contributed by atoms with Crippen LogP contribution in [0.25, 0.3) is 0 Å². The molecule has 0 saturated carbocycles. The Morgan fingerprint density at radius 2 is 1.63 bits per heavy atom. The molecule has 0 spiro atoms. The number of halogens is 1. The smallest absolute Gasteiger partial charge is 0.335 e. The zero-order valence-electron chi connectivity index (χ0n) is 9.51. The van der Waals surface area contributed by atoms with Crippen molar-refractivity contribution in [2.24, 2.45) is 0 Å². The van der Waals surface area contributed by atoms with Gasteiger partial charge in [0.05, 0.1) is 5.56 Å². The SMILES string of the molecule is O=C1C=CC(=O)C(Nc2ccc(C(=O)O)cc2)=C1Cl. The van der Waals surface area contributed by atoms with Crippen LogP contribution in [-0.2, 0) is 9.59 Å². The highest BCUT2D eigenvalue weighted by Crippen LogP contribution is 2.20. The Labute approximate surface area is 113 Å². The summed E-state index contributed by atoms with van der Waals surface area (Å²) < 4.78 is 0. The average Bonchev–Trinajstić information content (AvgIpc) is 2.40. The first-order valence-electron chi connectivity index (χ1n) is 5.26. The van der Waals surface area contributed by atoms with Gasteiger partial charge in [-0.3, -0.25) is 9.59 Å². The minimum atomic E-state index is -1.05. The molecule has 0 aromatic heterocycles. The first-order valence-corrected chi connectivity index (χ1v) is 5.63. The summed E-state index contributed by atoms with van der Waals surface area (Å²) in [5.74, 6) is -1.91. The van der Waals surface area contributed by atoms with E-state index in [1.54, 1.807) is 0 Å². The molecule has 1 aliphatic rings. The Balaban J connectivity index is 2.26. The van der Waals surface area contributed by atoms with Crippen LogP contribution in [0, 0.1) is 0 Å². The van der Waals surface area contributed by atoms with Crippen molar-refractivity contribution in [1.29, 1.82) is 0 Å². The highest BCUT2D eigenvalue weighted by Gasteiger charge is 2.21. The maximum absolute atomic E-state index is 11.6. The predicted octanol–water partition coefficient (Wildman–Crippen LogP) is 1.96. The number of carbonyl (C=O) groups excluding carboxylic acids is 2. The van der Waals surface area contributed by atoms with Crippen molar-refractivity contribution in [3.8, 4) is 0 Å². The van der Waals surface area contributed by atoms with E-state index >= 15 is 0 Å². The quantitative estimate of drug-likeness (QED) is 0.825. The van der Waals surface area contributed by atoms with Crippen LogP contribution in [0.5, 0.6) is 0 Å². The van der Waals surface area contributed by atoms with Gasteiger partial charge in [0.2, 0.25) is 5.78 Å². The highest BCUT2D eigenvalue weighted by atomic mass is 35.5. The van der Waals surface area contributed by atoms with Crippen LogP contribution in [0.4, 0.5) is 5.69 Å². The molecule has 0 unspecified atom stereocenters. The molecule has 2 rings (SSSR count). The van der Waals surface area contributed by atoms with Gasteiger partial charge in [-0.25, -0.2) is 4.79 Å². The molecule has 19 heavy (non-hydrogen) atoms. The van der Waals surface area contributed by atoms with E-state index in [0.29, 0.717) is 5.69 Å². The van der Waals surface area contributed by atoms with Crippen molar-refractivity contribution in [3.63, 3.8) is 0 Å². The molecule has 1 aromatic carbocycles. The fourth-order valence-corrected chi connectivity index (χ4v) is 1.70. The lowest BCUT2D eigenvalue weighted by molar-refractivity contribution is -0.114. The van der Waals surface area contributed by atoms with Crippen LogP contribution in [0.1, 0.15) is 10.4 Å². The number of ketones is 2. The summed E-state index contributed by atoms with van der Waals surface area (Å²) in [6.45, 7) is 0. The molecule has 6 heteroatoms. The Morgan fingerprint density at radius 1 is 1.05 bits per heavy atom. The topological polar surface area (TPSA) is 83.5 Å². The van der Waals surface area contributed by atoms with Crippen LogP contribution in [0.2, 0.25) is 0 Å². The van der Waals surface area contributed by atoms with E-state index in [4.69, 9.17) is 16.7 Å². The summed E-state index contributed by atoms with van der Waals surface area (Å²) in [4.78, 5) is 33.6. The monoisotopic (exact) mass is 277 g/mol. The summed E-state index contributed by atoms with van der Waals surface area (Å²) >= 11 is 5.76. The van der Waals surface area contributed by atoms with E-state index in [1.165, 1.54) is 24.3 Å². The summed E-state index contributed by atoms with van der Waals surface area (Å²) in [6, 6.07) is 5.72. The van der Waals surface area contributed by atoms with Crippen LogP contribution in [0.3, 0.4) is 0 Å². The number of nitrogens with one attached hydrogen (secondary N) is 1. The van der Waals surface area contributed by atoms with Crippen molar-refractivity contribution in [1.82, 2.24) is 0 Å².